The van der Waals surface area contributed by atoms with Crippen LogP contribution in [0.15, 0.2) is 24.3 Å². The smallest absolute Gasteiger partial charge is 0.220 e. The van der Waals surface area contributed by atoms with E-state index in [0.717, 1.165) is 39.1 Å². The van der Waals surface area contributed by atoms with Crippen LogP contribution < -0.4 is 16.0 Å². The highest BCUT2D eigenvalue weighted by molar-refractivity contribution is 5.85. The number of nitrogens with two attached hydrogens (primary N) is 1. The highest BCUT2D eigenvalue weighted by atomic mass is 35.5. The van der Waals surface area contributed by atoms with Crippen molar-refractivity contribution in [2.45, 2.75) is 45.1 Å². The highest BCUT2D eigenvalue weighted by Gasteiger charge is 2.32. The number of morpholine rings is 1. The van der Waals surface area contributed by atoms with Gasteiger partial charge in [-0.3, -0.25) is 4.79 Å². The molecule has 7 heteroatoms. The molecule has 1 aliphatic carbocycles. The van der Waals surface area contributed by atoms with E-state index >= 15 is 0 Å². The van der Waals surface area contributed by atoms with E-state index in [-0.39, 0.29) is 36.1 Å². The maximum Gasteiger partial charge on any atom is 0.220 e. The molecule has 1 aromatic carbocycles. The topological polar surface area (TPSA) is 67.6 Å². The van der Waals surface area contributed by atoms with Gasteiger partial charge in [0, 0.05) is 31.7 Å². The van der Waals surface area contributed by atoms with Crippen molar-refractivity contribution in [2.24, 2.45) is 11.1 Å². The van der Waals surface area contributed by atoms with Gasteiger partial charge in [0.25, 0.3) is 0 Å². The summed E-state index contributed by atoms with van der Waals surface area (Å²) in [4.78, 5) is 14.9. The van der Waals surface area contributed by atoms with E-state index in [1.54, 1.807) is 0 Å². The Kier molecular flexibility index (Phi) is 10.5. The number of para-hydroxylation sites is 1. The number of halogens is 2. The Balaban J connectivity index is 0.00000182. The predicted molar refractivity (Wildman–Crippen MR) is 115 cm³/mol. The van der Waals surface area contributed by atoms with Crippen molar-refractivity contribution in [2.75, 3.05) is 37.7 Å². The Morgan fingerprint density at radius 1 is 1.11 bits per heavy atom. The van der Waals surface area contributed by atoms with Gasteiger partial charge in [0.1, 0.15) is 0 Å². The first-order chi connectivity index (χ1) is 12.2. The summed E-state index contributed by atoms with van der Waals surface area (Å²) in [6.45, 7) is 4.53. The number of amides is 1. The first kappa shape index (κ1) is 24.0. The predicted octanol–water partition coefficient (Wildman–Crippen LogP) is 3.28. The number of anilines is 1. The largest absolute Gasteiger partial charge is 0.378 e. The van der Waals surface area contributed by atoms with Crippen LogP contribution in [0, 0.1) is 5.41 Å². The van der Waals surface area contributed by atoms with E-state index in [0.29, 0.717) is 19.5 Å². The van der Waals surface area contributed by atoms with Crippen LogP contribution >= 0.6 is 24.8 Å². The second kappa shape index (κ2) is 11.7. The number of hydrogen-bond acceptors (Lipinski definition) is 4. The minimum absolute atomic E-state index is 0. The van der Waals surface area contributed by atoms with Crippen LogP contribution in [0.2, 0.25) is 0 Å². The molecule has 0 atom stereocenters. The Morgan fingerprint density at radius 2 is 1.78 bits per heavy atom. The molecular formula is C20H33Cl2N3O2. The number of nitrogens with one attached hydrogen (secondary N) is 1. The number of nitrogens with zero attached hydrogens (tertiary/aromatic N) is 1. The lowest BCUT2D eigenvalue weighted by Crippen LogP contribution is -2.39. The van der Waals surface area contributed by atoms with Gasteiger partial charge >= 0.3 is 0 Å². The van der Waals surface area contributed by atoms with Gasteiger partial charge in [0.05, 0.1) is 13.2 Å². The van der Waals surface area contributed by atoms with Gasteiger partial charge < -0.3 is 20.7 Å². The van der Waals surface area contributed by atoms with Gasteiger partial charge in [-0.2, -0.15) is 0 Å². The summed E-state index contributed by atoms with van der Waals surface area (Å²) in [5.74, 6) is 0.129. The molecule has 5 nitrogen and oxygen atoms in total. The molecule has 3 N–H and O–H groups in total. The minimum atomic E-state index is 0. The van der Waals surface area contributed by atoms with Crippen molar-refractivity contribution in [3.8, 4) is 0 Å². The van der Waals surface area contributed by atoms with Crippen molar-refractivity contribution in [3.63, 3.8) is 0 Å². The lowest BCUT2D eigenvalue weighted by Gasteiger charge is -2.35. The zero-order chi connectivity index (χ0) is 17.5. The Hall–Kier alpha value is -1.01. The summed E-state index contributed by atoms with van der Waals surface area (Å²) in [6.07, 6.45) is 6.40. The van der Waals surface area contributed by atoms with Crippen LogP contribution in [0.25, 0.3) is 0 Å². The van der Waals surface area contributed by atoms with Gasteiger partial charge in [-0.25, -0.2) is 0 Å². The molecule has 0 unspecified atom stereocenters. The molecule has 154 valence electrons. The SMILES string of the molecule is Cl.Cl.NCC1(CC(=O)NCc2ccccc2N2CCOCC2)CCCCC1. The fourth-order valence-corrected chi connectivity index (χ4v) is 4.12. The average molecular weight is 418 g/mol. The number of hydrogen-bond donors (Lipinski definition) is 2. The molecule has 0 aromatic heterocycles. The van der Waals surface area contributed by atoms with Crippen molar-refractivity contribution in [1.29, 1.82) is 0 Å². The monoisotopic (exact) mass is 417 g/mol. The number of benzene rings is 1. The fraction of sp³-hybridized carbons (Fsp3) is 0.650. The van der Waals surface area contributed by atoms with E-state index in [1.165, 1.54) is 30.5 Å². The summed E-state index contributed by atoms with van der Waals surface area (Å²) < 4.78 is 5.44. The fourth-order valence-electron chi connectivity index (χ4n) is 4.12. The van der Waals surface area contributed by atoms with Gasteiger partial charge in [-0.1, -0.05) is 37.5 Å². The summed E-state index contributed by atoms with van der Waals surface area (Å²) in [5.41, 5.74) is 8.41. The average Bonchev–Trinajstić information content (AvgIpc) is 2.68. The molecule has 3 rings (SSSR count). The second-order valence-corrected chi connectivity index (χ2v) is 7.45. The van der Waals surface area contributed by atoms with Crippen LogP contribution in [0.3, 0.4) is 0 Å². The lowest BCUT2D eigenvalue weighted by atomic mass is 9.71. The van der Waals surface area contributed by atoms with Crippen molar-refractivity contribution >= 4 is 36.4 Å². The molecule has 2 aliphatic rings. The van der Waals surface area contributed by atoms with Crippen LogP contribution in [0.5, 0.6) is 0 Å². The van der Waals surface area contributed by atoms with Crippen LogP contribution in [-0.2, 0) is 16.1 Å². The van der Waals surface area contributed by atoms with E-state index < -0.39 is 0 Å². The third-order valence-electron chi connectivity index (χ3n) is 5.70. The van der Waals surface area contributed by atoms with Crippen LogP contribution in [-0.4, -0.2) is 38.8 Å². The maximum atomic E-state index is 12.5. The number of carbonyl (C=O) groups is 1. The van der Waals surface area contributed by atoms with Crippen LogP contribution in [0.4, 0.5) is 5.69 Å². The molecule has 1 amide bonds. The van der Waals surface area contributed by atoms with Crippen molar-refractivity contribution in [1.82, 2.24) is 5.32 Å². The Bertz CT molecular complexity index is 574. The molecule has 1 aromatic rings. The third-order valence-corrected chi connectivity index (χ3v) is 5.70. The second-order valence-electron chi connectivity index (χ2n) is 7.45. The van der Waals surface area contributed by atoms with E-state index in [4.69, 9.17) is 10.5 Å². The van der Waals surface area contributed by atoms with Crippen molar-refractivity contribution < 1.29 is 9.53 Å². The molecule has 1 heterocycles. The summed E-state index contributed by atoms with van der Waals surface area (Å²) in [5, 5.41) is 3.13. The first-order valence-corrected chi connectivity index (χ1v) is 9.60. The normalized spacial score (nSPS) is 18.8. The van der Waals surface area contributed by atoms with E-state index in [2.05, 4.69) is 28.4 Å². The molecule has 0 radical (unpaired) electrons. The minimum Gasteiger partial charge on any atom is -0.378 e. The Morgan fingerprint density at radius 3 is 2.44 bits per heavy atom. The number of rotatable bonds is 6. The first-order valence-electron chi connectivity index (χ1n) is 9.60. The van der Waals surface area contributed by atoms with Gasteiger partial charge in [-0.05, 0) is 36.4 Å². The summed E-state index contributed by atoms with van der Waals surface area (Å²) in [6, 6.07) is 8.33. The van der Waals surface area contributed by atoms with Crippen molar-refractivity contribution in [3.05, 3.63) is 29.8 Å². The highest BCUT2D eigenvalue weighted by Crippen LogP contribution is 2.38. The quantitative estimate of drug-likeness (QED) is 0.744. The Labute approximate surface area is 175 Å². The molecule has 1 saturated carbocycles. The van der Waals surface area contributed by atoms with Gasteiger partial charge in [-0.15, -0.1) is 24.8 Å². The molecule has 2 fully saturated rings. The molecule has 27 heavy (non-hydrogen) atoms. The van der Waals surface area contributed by atoms with E-state index in [9.17, 15) is 4.79 Å². The number of ether oxygens (including phenoxy) is 1. The van der Waals surface area contributed by atoms with Crippen LogP contribution in [0.1, 0.15) is 44.1 Å². The van der Waals surface area contributed by atoms with Gasteiger partial charge in [0.15, 0.2) is 0 Å². The zero-order valence-corrected chi connectivity index (χ0v) is 17.6. The molecular weight excluding hydrogens is 385 g/mol. The van der Waals surface area contributed by atoms with E-state index in [1.807, 2.05) is 6.07 Å². The standard InChI is InChI=1S/C20H31N3O2.2ClH/c21-16-20(8-4-1-5-9-20)14-19(24)22-15-17-6-2-3-7-18(17)23-10-12-25-13-11-23;;/h2-3,6-7H,1,4-5,8-16,21H2,(H,22,24);2*1H. The van der Waals surface area contributed by atoms with Gasteiger partial charge in [0.2, 0.25) is 5.91 Å². The summed E-state index contributed by atoms with van der Waals surface area (Å²) >= 11 is 0. The molecule has 1 saturated heterocycles. The maximum absolute atomic E-state index is 12.5. The molecule has 0 spiro atoms. The summed E-state index contributed by atoms with van der Waals surface area (Å²) in [7, 11) is 0. The number of carbonyl (C=O) groups excluding carboxylic acids is 1. The molecule has 0 bridgehead atoms. The third kappa shape index (κ3) is 6.53. The lowest BCUT2D eigenvalue weighted by molar-refractivity contribution is -0.124. The molecule has 1 aliphatic heterocycles. The zero-order valence-electron chi connectivity index (χ0n) is 16.0.